The summed E-state index contributed by atoms with van der Waals surface area (Å²) in [5.41, 5.74) is 4.47. The second-order valence-corrected chi connectivity index (χ2v) is 11.2. The minimum Gasteiger partial charge on any atom is -0.495 e. The van der Waals surface area contributed by atoms with Gasteiger partial charge in [0.05, 0.1) is 32.5 Å². The van der Waals surface area contributed by atoms with E-state index < -0.39 is 11.8 Å². The fourth-order valence-electron chi connectivity index (χ4n) is 4.77. The molecule has 0 aliphatic heterocycles. The van der Waals surface area contributed by atoms with E-state index in [1.54, 1.807) is 44.6 Å². The van der Waals surface area contributed by atoms with Crippen LogP contribution in [-0.4, -0.2) is 44.8 Å². The van der Waals surface area contributed by atoms with Gasteiger partial charge in [-0.15, -0.1) is 0 Å². The minimum atomic E-state index is -0.424. The molecule has 0 aliphatic rings. The second kappa shape index (κ2) is 13.3. The molecule has 0 bridgehead atoms. The molecule has 3 aromatic carbocycles. The summed E-state index contributed by atoms with van der Waals surface area (Å²) < 4.78 is 21.6. The minimum absolute atomic E-state index is 0.0548. The van der Waals surface area contributed by atoms with Gasteiger partial charge in [-0.25, -0.2) is 0 Å². The monoisotopic (exact) mass is 596 g/mol. The molecular weight excluding hydrogens is 560 g/mol. The van der Waals surface area contributed by atoms with Gasteiger partial charge in [0.25, 0.3) is 11.8 Å². The van der Waals surface area contributed by atoms with Crippen LogP contribution in [0.2, 0.25) is 0 Å². The van der Waals surface area contributed by atoms with Crippen molar-refractivity contribution in [2.75, 3.05) is 33.2 Å². The van der Waals surface area contributed by atoms with E-state index >= 15 is 0 Å². The number of hydrogen-bond acceptors (Lipinski definition) is 8. The highest BCUT2D eigenvalue weighted by atomic mass is 16.5. The molecule has 0 unspecified atom stereocenters. The average molecular weight is 597 g/mol. The molecule has 0 radical (unpaired) electrons. The Bertz CT molecular complexity index is 1730. The van der Waals surface area contributed by atoms with Crippen LogP contribution in [-0.2, 0) is 11.8 Å². The molecular formula is C34H36N4O6. The molecule has 0 atom stereocenters. The number of nitrogens with zero attached hydrogens (tertiary/aromatic N) is 2. The van der Waals surface area contributed by atoms with E-state index in [-0.39, 0.29) is 28.1 Å². The number of amides is 2. The van der Waals surface area contributed by atoms with Gasteiger partial charge in [0.2, 0.25) is 5.76 Å². The molecule has 0 aliphatic carbocycles. The maximum atomic E-state index is 13.4. The normalized spacial score (nSPS) is 11.0. The third kappa shape index (κ3) is 6.84. The first kappa shape index (κ1) is 31.6. The number of rotatable bonds is 10. The molecule has 0 spiro atoms. The molecule has 4 aromatic rings. The predicted octanol–water partition coefficient (Wildman–Crippen LogP) is 6.07. The highest BCUT2D eigenvalue weighted by molar-refractivity contribution is 6.07. The SMILES string of the molecule is COc1cccc(CCNC(=O)c2cc(-c3cc(NC(=O)c4cc(C(C)(C)C)cc(C#N)c4OC)ccc3C)no2)c1OC. The lowest BCUT2D eigenvalue weighted by atomic mass is 9.84. The van der Waals surface area contributed by atoms with E-state index in [0.717, 1.165) is 16.7 Å². The number of para-hydroxylation sites is 1. The van der Waals surface area contributed by atoms with Gasteiger partial charge >= 0.3 is 0 Å². The van der Waals surface area contributed by atoms with Gasteiger partial charge in [-0.1, -0.05) is 44.1 Å². The molecule has 0 saturated carbocycles. The Morgan fingerprint density at radius 1 is 0.955 bits per heavy atom. The third-order valence-electron chi connectivity index (χ3n) is 7.19. The van der Waals surface area contributed by atoms with Crippen LogP contribution < -0.4 is 24.8 Å². The molecule has 228 valence electrons. The molecule has 44 heavy (non-hydrogen) atoms. The molecule has 2 amide bonds. The van der Waals surface area contributed by atoms with Crippen molar-refractivity contribution in [3.05, 3.63) is 88.2 Å². The number of nitrogens with one attached hydrogen (secondary N) is 2. The lowest BCUT2D eigenvalue weighted by molar-refractivity contribution is 0.0916. The van der Waals surface area contributed by atoms with Gasteiger partial charge in [-0.2, -0.15) is 5.26 Å². The van der Waals surface area contributed by atoms with E-state index in [1.165, 1.54) is 7.11 Å². The van der Waals surface area contributed by atoms with E-state index in [0.29, 0.717) is 41.4 Å². The highest BCUT2D eigenvalue weighted by Crippen LogP contribution is 2.33. The van der Waals surface area contributed by atoms with Crippen molar-refractivity contribution in [2.24, 2.45) is 0 Å². The van der Waals surface area contributed by atoms with Crippen molar-refractivity contribution in [3.8, 4) is 34.6 Å². The molecule has 1 aromatic heterocycles. The quantitative estimate of drug-likeness (QED) is 0.225. The summed E-state index contributed by atoms with van der Waals surface area (Å²) >= 11 is 0. The average Bonchev–Trinajstić information content (AvgIpc) is 3.50. The topological polar surface area (TPSA) is 136 Å². The Balaban J connectivity index is 1.50. The molecule has 0 fully saturated rings. The Morgan fingerprint density at radius 3 is 2.36 bits per heavy atom. The molecule has 4 rings (SSSR count). The van der Waals surface area contributed by atoms with Crippen LogP contribution in [0.5, 0.6) is 17.2 Å². The summed E-state index contributed by atoms with van der Waals surface area (Å²) in [4.78, 5) is 26.3. The number of ether oxygens (including phenoxy) is 3. The van der Waals surface area contributed by atoms with Crippen LogP contribution in [0.3, 0.4) is 0 Å². The number of anilines is 1. The number of hydrogen-bond donors (Lipinski definition) is 2. The first-order valence-electron chi connectivity index (χ1n) is 14.0. The van der Waals surface area contributed by atoms with Crippen LogP contribution in [0.4, 0.5) is 5.69 Å². The number of carbonyl (C=O) groups is 2. The van der Waals surface area contributed by atoms with E-state index in [2.05, 4.69) is 21.9 Å². The van der Waals surface area contributed by atoms with Crippen LogP contribution in [0, 0.1) is 18.3 Å². The maximum absolute atomic E-state index is 13.4. The number of benzene rings is 3. The summed E-state index contributed by atoms with van der Waals surface area (Å²) in [5, 5.41) is 19.6. The number of nitriles is 1. The van der Waals surface area contributed by atoms with Crippen molar-refractivity contribution >= 4 is 17.5 Å². The third-order valence-corrected chi connectivity index (χ3v) is 7.19. The maximum Gasteiger partial charge on any atom is 0.289 e. The summed E-state index contributed by atoms with van der Waals surface area (Å²) in [6.07, 6.45) is 0.521. The van der Waals surface area contributed by atoms with Gasteiger partial charge in [0.15, 0.2) is 11.5 Å². The zero-order valence-corrected chi connectivity index (χ0v) is 26.0. The summed E-state index contributed by atoms with van der Waals surface area (Å²) in [6, 6.07) is 18.1. The molecule has 10 nitrogen and oxygen atoms in total. The van der Waals surface area contributed by atoms with Crippen molar-refractivity contribution in [1.29, 1.82) is 5.26 Å². The van der Waals surface area contributed by atoms with Crippen LogP contribution >= 0.6 is 0 Å². The Morgan fingerprint density at radius 2 is 1.70 bits per heavy atom. The van der Waals surface area contributed by atoms with E-state index in [1.807, 2.05) is 52.0 Å². The molecule has 10 heteroatoms. The molecule has 0 saturated heterocycles. The number of carbonyl (C=O) groups excluding carboxylic acids is 2. The molecule has 2 N–H and O–H groups in total. The standard InChI is InChI=1S/C34H36N4O6/c1-20-11-12-24(37-32(39)26-16-23(34(2,3)4)15-22(19-35)30(26)42-6)17-25(20)27-18-29(44-38-27)33(40)36-14-13-21-9-8-10-28(41-5)31(21)43-7/h8-12,15-18H,13-14H2,1-7H3,(H,36,40)(H,37,39). The number of aromatic nitrogens is 1. The van der Waals surface area contributed by atoms with Crippen molar-refractivity contribution in [2.45, 2.75) is 39.5 Å². The van der Waals surface area contributed by atoms with Gasteiger partial charge in [0.1, 0.15) is 17.5 Å². The zero-order valence-electron chi connectivity index (χ0n) is 26.0. The van der Waals surface area contributed by atoms with Crippen molar-refractivity contribution in [1.82, 2.24) is 10.5 Å². The van der Waals surface area contributed by atoms with Gasteiger partial charge < -0.3 is 29.4 Å². The summed E-state index contributed by atoms with van der Waals surface area (Å²) in [6.45, 7) is 8.26. The first-order valence-corrected chi connectivity index (χ1v) is 14.0. The zero-order chi connectivity index (χ0) is 32.0. The largest absolute Gasteiger partial charge is 0.495 e. The Kier molecular flexibility index (Phi) is 9.59. The number of methoxy groups -OCH3 is 3. The fourth-order valence-corrected chi connectivity index (χ4v) is 4.77. The fraction of sp³-hybridized carbons (Fsp3) is 0.294. The predicted molar refractivity (Wildman–Crippen MR) is 167 cm³/mol. The number of aryl methyl sites for hydroxylation is 1. The Labute approximate surface area is 256 Å². The van der Waals surface area contributed by atoms with E-state index in [9.17, 15) is 14.9 Å². The van der Waals surface area contributed by atoms with Crippen LogP contribution in [0.15, 0.2) is 59.1 Å². The van der Waals surface area contributed by atoms with Crippen molar-refractivity contribution < 1.29 is 28.3 Å². The van der Waals surface area contributed by atoms with Gasteiger partial charge in [0, 0.05) is 23.9 Å². The van der Waals surface area contributed by atoms with Crippen LogP contribution in [0.25, 0.3) is 11.3 Å². The van der Waals surface area contributed by atoms with Crippen LogP contribution in [0.1, 0.15) is 63.9 Å². The lowest BCUT2D eigenvalue weighted by Gasteiger charge is -2.22. The second-order valence-electron chi connectivity index (χ2n) is 11.2. The van der Waals surface area contributed by atoms with Gasteiger partial charge in [-0.05, 0) is 65.8 Å². The van der Waals surface area contributed by atoms with Crippen molar-refractivity contribution in [3.63, 3.8) is 0 Å². The summed E-state index contributed by atoms with van der Waals surface area (Å²) in [5.74, 6) is 0.675. The first-order chi connectivity index (χ1) is 21.0. The smallest absolute Gasteiger partial charge is 0.289 e. The molecule has 1 heterocycles. The van der Waals surface area contributed by atoms with Gasteiger partial charge in [-0.3, -0.25) is 9.59 Å². The Hall–Kier alpha value is -5.30. The lowest BCUT2D eigenvalue weighted by Crippen LogP contribution is -2.25. The van der Waals surface area contributed by atoms with E-state index in [4.69, 9.17) is 18.7 Å². The highest BCUT2D eigenvalue weighted by Gasteiger charge is 2.24. The summed E-state index contributed by atoms with van der Waals surface area (Å²) in [7, 11) is 4.58.